The summed E-state index contributed by atoms with van der Waals surface area (Å²) < 4.78 is 0. The summed E-state index contributed by atoms with van der Waals surface area (Å²) in [4.78, 5) is 36.7. The van der Waals surface area contributed by atoms with E-state index in [1.807, 2.05) is 4.90 Å². The van der Waals surface area contributed by atoms with E-state index in [4.69, 9.17) is 5.11 Å². The van der Waals surface area contributed by atoms with Crippen LogP contribution in [0.25, 0.3) is 0 Å². The van der Waals surface area contributed by atoms with Crippen molar-refractivity contribution in [2.75, 3.05) is 6.54 Å². The van der Waals surface area contributed by atoms with Crippen LogP contribution in [0.1, 0.15) is 90.4 Å². The zero-order valence-electron chi connectivity index (χ0n) is 16.1. The zero-order chi connectivity index (χ0) is 19.4. The van der Waals surface area contributed by atoms with Crippen molar-refractivity contribution in [2.24, 2.45) is 0 Å². The average Bonchev–Trinajstić information content (AvgIpc) is 2.57. The number of nitrogens with zero attached hydrogens (tertiary/aromatic N) is 1. The topological polar surface area (TPSA) is 94.9 Å². The number of carbonyl (C=O) groups excluding carboxylic acids is 2. The van der Waals surface area contributed by atoms with Crippen LogP contribution in [0.2, 0.25) is 0 Å². The van der Waals surface area contributed by atoms with Gasteiger partial charge in [-0.05, 0) is 51.9 Å². The Bertz CT molecular complexity index is 449. The summed E-state index contributed by atoms with van der Waals surface area (Å²) in [6.45, 7) is 2.45. The number of hydrogen-bond acceptors (Lipinski definition) is 4. The molecule has 1 saturated heterocycles. The molecule has 1 aliphatic rings. The molecule has 0 aliphatic carbocycles. The Labute approximate surface area is 157 Å². The highest BCUT2D eigenvalue weighted by atomic mass is 16.4. The van der Waals surface area contributed by atoms with E-state index < -0.39 is 5.97 Å². The lowest BCUT2D eigenvalue weighted by Crippen LogP contribution is -2.44. The van der Waals surface area contributed by atoms with E-state index in [0.717, 1.165) is 44.9 Å². The normalized spacial score (nSPS) is 18.8. The number of ketones is 1. The lowest BCUT2D eigenvalue weighted by Gasteiger charge is -2.36. The van der Waals surface area contributed by atoms with Gasteiger partial charge < -0.3 is 15.1 Å². The van der Waals surface area contributed by atoms with Gasteiger partial charge in [0.15, 0.2) is 0 Å². The number of hydrogen-bond donors (Lipinski definition) is 2. The van der Waals surface area contributed by atoms with Gasteiger partial charge in [0.2, 0.25) is 5.91 Å². The molecule has 0 spiro atoms. The van der Waals surface area contributed by atoms with Crippen molar-refractivity contribution < 1.29 is 24.6 Å². The van der Waals surface area contributed by atoms with Gasteiger partial charge in [0.05, 0.1) is 6.10 Å². The number of carboxylic acids is 1. The molecule has 150 valence electrons. The lowest BCUT2D eigenvalue weighted by molar-refractivity contribution is -0.137. The number of carbonyl (C=O) groups is 3. The fraction of sp³-hybridized carbons (Fsp3) is 0.850. The smallest absolute Gasteiger partial charge is 0.303 e. The number of rotatable bonds is 14. The van der Waals surface area contributed by atoms with E-state index in [1.165, 1.54) is 0 Å². The highest BCUT2D eigenvalue weighted by Gasteiger charge is 2.27. The first-order valence-electron chi connectivity index (χ1n) is 10.1. The number of amides is 1. The van der Waals surface area contributed by atoms with Crippen LogP contribution in [-0.4, -0.2) is 51.5 Å². The molecule has 1 amide bonds. The Balaban J connectivity index is 2.29. The number of aliphatic hydroxyl groups excluding tert-OH is 1. The van der Waals surface area contributed by atoms with Gasteiger partial charge in [-0.1, -0.05) is 12.8 Å². The molecule has 0 bridgehead atoms. The van der Waals surface area contributed by atoms with Crippen molar-refractivity contribution in [1.29, 1.82) is 0 Å². The molecule has 0 radical (unpaired) electrons. The second-order valence-electron chi connectivity index (χ2n) is 7.51. The van der Waals surface area contributed by atoms with Gasteiger partial charge in [0.1, 0.15) is 5.78 Å². The van der Waals surface area contributed by atoms with Crippen LogP contribution in [0, 0.1) is 0 Å². The molecule has 1 unspecified atom stereocenters. The highest BCUT2D eigenvalue weighted by Crippen LogP contribution is 2.23. The quantitative estimate of drug-likeness (QED) is 0.458. The van der Waals surface area contributed by atoms with E-state index in [0.29, 0.717) is 38.6 Å². The maximum absolute atomic E-state index is 12.2. The van der Waals surface area contributed by atoms with Gasteiger partial charge in [-0.3, -0.25) is 14.4 Å². The average molecular weight is 370 g/mol. The molecule has 2 N–H and O–H groups in total. The first kappa shape index (κ1) is 22.6. The minimum absolute atomic E-state index is 0.163. The molecule has 0 saturated carbocycles. The third-order valence-electron chi connectivity index (χ3n) is 5.06. The van der Waals surface area contributed by atoms with Gasteiger partial charge in [0, 0.05) is 38.3 Å². The van der Waals surface area contributed by atoms with Crippen molar-refractivity contribution in [2.45, 2.75) is 103 Å². The third-order valence-corrected chi connectivity index (χ3v) is 5.06. The molecule has 1 aliphatic heterocycles. The maximum Gasteiger partial charge on any atom is 0.303 e. The molecule has 1 heterocycles. The molecule has 1 fully saturated rings. The number of carboxylic acid groups (broad SMARTS) is 1. The van der Waals surface area contributed by atoms with Crippen molar-refractivity contribution >= 4 is 17.7 Å². The molecule has 26 heavy (non-hydrogen) atoms. The van der Waals surface area contributed by atoms with Crippen LogP contribution in [0.4, 0.5) is 0 Å². The van der Waals surface area contributed by atoms with Crippen LogP contribution >= 0.6 is 0 Å². The van der Waals surface area contributed by atoms with Crippen molar-refractivity contribution in [3.8, 4) is 0 Å². The van der Waals surface area contributed by atoms with E-state index in [1.54, 1.807) is 6.92 Å². The van der Waals surface area contributed by atoms with Gasteiger partial charge in [-0.15, -0.1) is 0 Å². The summed E-state index contributed by atoms with van der Waals surface area (Å²) in [5, 5.41) is 17.9. The summed E-state index contributed by atoms with van der Waals surface area (Å²) >= 11 is 0. The molecule has 1 rings (SSSR count). The second-order valence-corrected chi connectivity index (χ2v) is 7.51. The highest BCUT2D eigenvalue weighted by molar-refractivity contribution is 5.79. The van der Waals surface area contributed by atoms with Crippen molar-refractivity contribution in [1.82, 2.24) is 4.90 Å². The number of aliphatic hydroxyl groups is 1. The van der Waals surface area contributed by atoms with Gasteiger partial charge in [-0.2, -0.15) is 0 Å². The molecule has 2 atom stereocenters. The monoisotopic (exact) mass is 369 g/mol. The number of likely N-dealkylation sites (tertiary alicyclic amines) is 1. The number of Topliss-reactive ketones (excluding diaryl/α,β-unsaturated/α-hetero) is 1. The third kappa shape index (κ3) is 9.90. The Morgan fingerprint density at radius 1 is 1.12 bits per heavy atom. The van der Waals surface area contributed by atoms with E-state index in [2.05, 4.69) is 0 Å². The summed E-state index contributed by atoms with van der Waals surface area (Å²) in [6.07, 6.45) is 8.83. The van der Waals surface area contributed by atoms with Gasteiger partial charge in [-0.25, -0.2) is 0 Å². The van der Waals surface area contributed by atoms with Crippen molar-refractivity contribution in [3.05, 3.63) is 0 Å². The molecule has 0 aromatic carbocycles. The summed E-state index contributed by atoms with van der Waals surface area (Å²) in [5.74, 6) is -0.347. The molecular weight excluding hydrogens is 334 g/mol. The summed E-state index contributed by atoms with van der Waals surface area (Å²) in [7, 11) is 0. The fourth-order valence-corrected chi connectivity index (χ4v) is 3.56. The number of aliphatic carboxylic acids is 1. The first-order chi connectivity index (χ1) is 12.4. The summed E-state index contributed by atoms with van der Waals surface area (Å²) in [6, 6.07) is 0.163. The van der Waals surface area contributed by atoms with Crippen molar-refractivity contribution in [3.63, 3.8) is 0 Å². The van der Waals surface area contributed by atoms with Crippen LogP contribution in [0.15, 0.2) is 0 Å². The lowest BCUT2D eigenvalue weighted by atomic mass is 9.95. The zero-order valence-corrected chi connectivity index (χ0v) is 16.1. The minimum atomic E-state index is -0.755. The maximum atomic E-state index is 12.2. The largest absolute Gasteiger partial charge is 0.481 e. The molecule has 0 aromatic heterocycles. The Morgan fingerprint density at radius 3 is 2.54 bits per heavy atom. The summed E-state index contributed by atoms with van der Waals surface area (Å²) in [5.41, 5.74) is 0. The molecular formula is C20H35NO5. The second kappa shape index (κ2) is 12.8. The first-order valence-corrected chi connectivity index (χ1v) is 10.1. The Hall–Kier alpha value is -1.43. The number of piperidine rings is 1. The van der Waals surface area contributed by atoms with E-state index in [9.17, 15) is 19.5 Å². The predicted octanol–water partition coefficient (Wildman–Crippen LogP) is 3.30. The van der Waals surface area contributed by atoms with Gasteiger partial charge in [0.25, 0.3) is 0 Å². The number of unbranched alkanes of at least 4 members (excludes halogenated alkanes) is 3. The molecule has 6 heteroatoms. The SMILES string of the molecule is CC(O)CCCC(=O)CC[C@H]1CCCC(=O)N1CCCCCCC(=O)O. The predicted molar refractivity (Wildman–Crippen MR) is 99.8 cm³/mol. The van der Waals surface area contributed by atoms with Gasteiger partial charge >= 0.3 is 5.97 Å². The molecule has 0 aromatic rings. The van der Waals surface area contributed by atoms with Crippen LogP contribution in [0.3, 0.4) is 0 Å². The van der Waals surface area contributed by atoms with E-state index in [-0.39, 0.29) is 30.3 Å². The standard InChI is InChI=1S/C20H35NO5/c1-16(22)8-6-10-18(23)14-13-17-9-7-11-19(24)21(17)15-5-3-2-4-12-20(25)26/h16-17,22H,2-15H2,1H3,(H,25,26)/t16?,17-/m1/s1. The fourth-order valence-electron chi connectivity index (χ4n) is 3.56. The minimum Gasteiger partial charge on any atom is -0.481 e. The van der Waals surface area contributed by atoms with Crippen LogP contribution in [-0.2, 0) is 14.4 Å². The van der Waals surface area contributed by atoms with Crippen LogP contribution in [0.5, 0.6) is 0 Å². The Morgan fingerprint density at radius 2 is 1.85 bits per heavy atom. The Kier molecular flexibility index (Phi) is 11.2. The van der Waals surface area contributed by atoms with E-state index >= 15 is 0 Å². The van der Waals surface area contributed by atoms with Crippen LogP contribution < -0.4 is 0 Å². The molecule has 6 nitrogen and oxygen atoms in total.